The Kier molecular flexibility index (Phi) is 5.48. The number of aromatic nitrogens is 2. The molecule has 0 aromatic carbocycles. The van der Waals surface area contributed by atoms with E-state index in [2.05, 4.69) is 12.0 Å². The SMILES string of the molecule is CCCCCCn1[nH]c(C(=O)OCC)c(N)c1=O. The van der Waals surface area contributed by atoms with E-state index in [0.717, 1.165) is 25.7 Å². The highest BCUT2D eigenvalue weighted by molar-refractivity contribution is 5.92. The summed E-state index contributed by atoms with van der Waals surface area (Å²) in [5.74, 6) is -0.584. The lowest BCUT2D eigenvalue weighted by molar-refractivity contribution is 0.0519. The van der Waals surface area contributed by atoms with Crippen molar-refractivity contribution < 1.29 is 9.53 Å². The molecular weight excluding hydrogens is 234 g/mol. The zero-order valence-electron chi connectivity index (χ0n) is 11.0. The highest BCUT2D eigenvalue weighted by atomic mass is 16.5. The van der Waals surface area contributed by atoms with Gasteiger partial charge in [0, 0.05) is 6.54 Å². The van der Waals surface area contributed by atoms with Crippen molar-refractivity contribution in [3.63, 3.8) is 0 Å². The average molecular weight is 255 g/mol. The van der Waals surface area contributed by atoms with Crippen LogP contribution in [0.2, 0.25) is 0 Å². The van der Waals surface area contributed by atoms with E-state index >= 15 is 0 Å². The van der Waals surface area contributed by atoms with E-state index in [-0.39, 0.29) is 23.5 Å². The first-order valence-corrected chi connectivity index (χ1v) is 6.37. The van der Waals surface area contributed by atoms with Gasteiger partial charge >= 0.3 is 5.97 Å². The number of aryl methyl sites for hydroxylation is 1. The van der Waals surface area contributed by atoms with Crippen LogP contribution in [0, 0.1) is 0 Å². The molecule has 1 aromatic heterocycles. The summed E-state index contributed by atoms with van der Waals surface area (Å²) in [6.45, 7) is 4.62. The summed E-state index contributed by atoms with van der Waals surface area (Å²) < 4.78 is 6.19. The van der Waals surface area contributed by atoms with Gasteiger partial charge in [0.2, 0.25) is 0 Å². The first kappa shape index (κ1) is 14.3. The summed E-state index contributed by atoms with van der Waals surface area (Å²) in [5, 5.41) is 2.72. The van der Waals surface area contributed by atoms with Gasteiger partial charge in [-0.05, 0) is 13.3 Å². The number of H-pyrrole nitrogens is 1. The van der Waals surface area contributed by atoms with Crippen molar-refractivity contribution >= 4 is 11.7 Å². The van der Waals surface area contributed by atoms with Crippen LogP contribution in [-0.4, -0.2) is 22.4 Å². The number of ether oxygens (including phenoxy) is 1. The minimum Gasteiger partial charge on any atom is -0.461 e. The first-order chi connectivity index (χ1) is 8.61. The number of aromatic amines is 1. The van der Waals surface area contributed by atoms with Crippen LogP contribution in [0.3, 0.4) is 0 Å². The number of hydrogen-bond acceptors (Lipinski definition) is 4. The molecule has 0 amide bonds. The number of nitrogens with one attached hydrogen (secondary N) is 1. The van der Waals surface area contributed by atoms with Crippen LogP contribution >= 0.6 is 0 Å². The highest BCUT2D eigenvalue weighted by Gasteiger charge is 2.18. The molecule has 0 aliphatic heterocycles. The van der Waals surface area contributed by atoms with Gasteiger partial charge in [0.25, 0.3) is 5.56 Å². The maximum absolute atomic E-state index is 11.8. The van der Waals surface area contributed by atoms with Crippen LogP contribution in [0.1, 0.15) is 50.0 Å². The smallest absolute Gasteiger partial charge is 0.358 e. The Labute approximate surface area is 106 Å². The van der Waals surface area contributed by atoms with E-state index in [1.807, 2.05) is 0 Å². The third kappa shape index (κ3) is 3.38. The Hall–Kier alpha value is -1.72. The number of nitrogens with zero attached hydrogens (tertiary/aromatic N) is 1. The Morgan fingerprint density at radius 2 is 2.06 bits per heavy atom. The zero-order chi connectivity index (χ0) is 13.5. The number of hydrogen-bond donors (Lipinski definition) is 2. The van der Waals surface area contributed by atoms with Crippen LogP contribution in [0.25, 0.3) is 0 Å². The zero-order valence-corrected chi connectivity index (χ0v) is 11.0. The molecule has 18 heavy (non-hydrogen) atoms. The monoisotopic (exact) mass is 255 g/mol. The molecule has 6 nitrogen and oxygen atoms in total. The Balaban J connectivity index is 2.73. The molecule has 0 bridgehead atoms. The molecule has 0 spiro atoms. The minimum atomic E-state index is -0.584. The van der Waals surface area contributed by atoms with E-state index in [4.69, 9.17) is 10.5 Å². The second-order valence-corrected chi connectivity index (χ2v) is 4.14. The fourth-order valence-electron chi connectivity index (χ4n) is 1.71. The molecule has 0 radical (unpaired) electrons. The quantitative estimate of drug-likeness (QED) is 0.571. The highest BCUT2D eigenvalue weighted by Crippen LogP contribution is 2.07. The van der Waals surface area contributed by atoms with Gasteiger partial charge in [0.05, 0.1) is 6.61 Å². The molecule has 3 N–H and O–H groups in total. The van der Waals surface area contributed by atoms with Gasteiger partial charge < -0.3 is 10.5 Å². The number of anilines is 1. The van der Waals surface area contributed by atoms with Gasteiger partial charge in [0.15, 0.2) is 5.69 Å². The molecule has 102 valence electrons. The lowest BCUT2D eigenvalue weighted by atomic mass is 10.2. The van der Waals surface area contributed by atoms with Gasteiger partial charge in [-0.3, -0.25) is 14.6 Å². The maximum Gasteiger partial charge on any atom is 0.358 e. The molecule has 0 atom stereocenters. The van der Waals surface area contributed by atoms with Gasteiger partial charge in [0.1, 0.15) is 5.69 Å². The average Bonchev–Trinajstić information content (AvgIpc) is 2.63. The lowest BCUT2D eigenvalue weighted by Gasteiger charge is -2.01. The third-order valence-corrected chi connectivity index (χ3v) is 2.71. The molecule has 0 unspecified atom stereocenters. The molecular formula is C12H21N3O3. The predicted octanol–water partition coefficient (Wildman–Crippen LogP) is 1.52. The van der Waals surface area contributed by atoms with Crippen LogP contribution in [0.15, 0.2) is 4.79 Å². The second kappa shape index (κ2) is 6.88. The summed E-state index contributed by atoms with van der Waals surface area (Å²) >= 11 is 0. The van der Waals surface area contributed by atoms with Gasteiger partial charge in [-0.15, -0.1) is 0 Å². The van der Waals surface area contributed by atoms with Crippen molar-refractivity contribution in [2.45, 2.75) is 46.1 Å². The second-order valence-electron chi connectivity index (χ2n) is 4.14. The normalized spacial score (nSPS) is 10.6. The van der Waals surface area contributed by atoms with E-state index in [9.17, 15) is 9.59 Å². The van der Waals surface area contributed by atoms with Gasteiger partial charge in [-0.1, -0.05) is 26.2 Å². The molecule has 0 aliphatic carbocycles. The van der Waals surface area contributed by atoms with Gasteiger partial charge in [-0.25, -0.2) is 4.79 Å². The Bertz CT molecular complexity index is 448. The number of rotatable bonds is 7. The molecule has 0 fully saturated rings. The lowest BCUT2D eigenvalue weighted by Crippen LogP contribution is -2.18. The number of esters is 1. The molecule has 1 heterocycles. The van der Waals surface area contributed by atoms with Crippen LogP contribution in [0.5, 0.6) is 0 Å². The minimum absolute atomic E-state index is 0.0531. The third-order valence-electron chi connectivity index (χ3n) is 2.71. The summed E-state index contributed by atoms with van der Waals surface area (Å²) in [7, 11) is 0. The molecule has 1 aromatic rings. The summed E-state index contributed by atoms with van der Waals surface area (Å²) in [4.78, 5) is 23.3. The molecule has 1 rings (SSSR count). The summed E-state index contributed by atoms with van der Waals surface area (Å²) in [6.07, 6.45) is 4.21. The number of unbranched alkanes of at least 4 members (excludes halogenated alkanes) is 3. The molecule has 6 heteroatoms. The number of nitrogens with two attached hydrogens (primary N) is 1. The van der Waals surface area contributed by atoms with Crippen molar-refractivity contribution in [1.82, 2.24) is 9.78 Å². The van der Waals surface area contributed by atoms with Crippen LogP contribution in [-0.2, 0) is 11.3 Å². The predicted molar refractivity (Wildman–Crippen MR) is 69.6 cm³/mol. The molecule has 0 saturated carbocycles. The van der Waals surface area contributed by atoms with E-state index < -0.39 is 5.97 Å². The van der Waals surface area contributed by atoms with E-state index in [1.165, 1.54) is 4.68 Å². The van der Waals surface area contributed by atoms with Crippen LogP contribution in [0.4, 0.5) is 5.69 Å². The fourth-order valence-corrected chi connectivity index (χ4v) is 1.71. The van der Waals surface area contributed by atoms with Gasteiger partial charge in [-0.2, -0.15) is 0 Å². The van der Waals surface area contributed by atoms with Crippen molar-refractivity contribution in [1.29, 1.82) is 0 Å². The van der Waals surface area contributed by atoms with Crippen molar-refractivity contribution in [3.05, 3.63) is 16.0 Å². The van der Waals surface area contributed by atoms with Crippen LogP contribution < -0.4 is 11.3 Å². The number of carbonyl (C=O) groups excluding carboxylic acids is 1. The Morgan fingerprint density at radius 3 is 2.67 bits per heavy atom. The topological polar surface area (TPSA) is 90.1 Å². The van der Waals surface area contributed by atoms with Crippen molar-refractivity contribution in [2.24, 2.45) is 0 Å². The van der Waals surface area contributed by atoms with Crippen molar-refractivity contribution in [2.75, 3.05) is 12.3 Å². The largest absolute Gasteiger partial charge is 0.461 e. The first-order valence-electron chi connectivity index (χ1n) is 6.37. The number of carbonyl (C=O) groups is 1. The maximum atomic E-state index is 11.8. The summed E-state index contributed by atoms with van der Waals surface area (Å²) in [5.41, 5.74) is 5.23. The summed E-state index contributed by atoms with van der Waals surface area (Å²) in [6, 6.07) is 0. The van der Waals surface area contributed by atoms with E-state index in [1.54, 1.807) is 6.92 Å². The van der Waals surface area contributed by atoms with E-state index in [0.29, 0.717) is 6.54 Å². The number of nitrogen functional groups attached to an aromatic ring is 1. The Morgan fingerprint density at radius 1 is 1.33 bits per heavy atom. The molecule has 0 aliphatic rings. The fraction of sp³-hybridized carbons (Fsp3) is 0.667. The van der Waals surface area contributed by atoms with Crippen molar-refractivity contribution in [3.8, 4) is 0 Å². The standard InChI is InChI=1S/C12H21N3O3/c1-3-5-6-7-8-15-11(16)9(13)10(14-15)12(17)18-4-2/h14H,3-8,13H2,1-2H3. The molecule has 0 saturated heterocycles.